The predicted octanol–water partition coefficient (Wildman–Crippen LogP) is 4.66. The molecule has 0 saturated heterocycles. The van der Waals surface area contributed by atoms with E-state index < -0.39 is 103 Å². The summed E-state index contributed by atoms with van der Waals surface area (Å²) in [6.07, 6.45) is -9.21. The molecule has 1 aromatic heterocycles. The van der Waals surface area contributed by atoms with E-state index in [1.54, 1.807) is 5.38 Å². The zero-order chi connectivity index (χ0) is 31.2. The Kier molecular flexibility index (Phi) is 3.64. The number of nitrogens with zero attached hydrogens (tertiary/aromatic N) is 1. The molecule has 0 radical (unpaired) electrons. The van der Waals surface area contributed by atoms with Gasteiger partial charge in [0.2, 0.25) is 5.91 Å². The third kappa shape index (κ3) is 6.69. The summed E-state index contributed by atoms with van der Waals surface area (Å²) in [6, 6.07) is -5.16. The molecule has 6 heteroatoms. The molecule has 4 N–H and O–H groups in total. The minimum Gasteiger partial charge on any atom is -0.388 e. The van der Waals surface area contributed by atoms with Crippen molar-refractivity contribution in [2.24, 2.45) is 0 Å². The molecule has 1 heterocycles. The average molecular weight is 422 g/mol. The lowest BCUT2D eigenvalue weighted by Gasteiger charge is -2.11. The number of nitrogens with two attached hydrogens (primary N) is 1. The Bertz CT molecular complexity index is 1450. The Labute approximate surface area is 192 Å². The molecule has 5 nitrogen and oxygen atoms in total. The van der Waals surface area contributed by atoms with Crippen molar-refractivity contribution in [3.8, 4) is 0 Å². The lowest BCUT2D eigenvalue weighted by atomic mass is 10.0. The van der Waals surface area contributed by atoms with Crippen LogP contribution in [0.4, 0.5) is 10.8 Å². The van der Waals surface area contributed by atoms with E-state index in [0.717, 1.165) is 11.3 Å². The number of carbonyl (C=O) groups is 1. The summed E-state index contributed by atoms with van der Waals surface area (Å²) in [4.78, 5) is 16.4. The van der Waals surface area contributed by atoms with Crippen LogP contribution in [0.5, 0.6) is 0 Å². The second-order valence-electron chi connectivity index (χ2n) is 5.97. The van der Waals surface area contributed by atoms with Crippen molar-refractivity contribution in [3.63, 3.8) is 0 Å². The van der Waals surface area contributed by atoms with Gasteiger partial charge in [-0.15, -0.1) is 11.3 Å². The molecule has 0 bridgehead atoms. The van der Waals surface area contributed by atoms with Crippen LogP contribution in [0.3, 0.4) is 0 Å². The second-order valence-corrected chi connectivity index (χ2v) is 6.86. The summed E-state index contributed by atoms with van der Waals surface area (Å²) in [6.45, 7) is 1.35. The van der Waals surface area contributed by atoms with Gasteiger partial charge in [-0.3, -0.25) is 4.79 Å². The number of benzene rings is 2. The number of carbonyl (C=O) groups excluding carboxylic acids is 1. The number of hydrogen-bond donors (Lipinski definition) is 3. The first kappa shape index (κ1) is 10.4. The van der Waals surface area contributed by atoms with E-state index in [-0.39, 0.29) is 17.1 Å². The fourth-order valence-electron chi connectivity index (χ4n) is 2.24. The van der Waals surface area contributed by atoms with E-state index in [9.17, 15) is 9.90 Å². The Morgan fingerprint density at radius 2 is 1.97 bits per heavy atom. The highest BCUT2D eigenvalue weighted by Crippen LogP contribution is 2.21. The van der Waals surface area contributed by atoms with Gasteiger partial charge < -0.3 is 16.2 Å². The molecule has 0 saturated carbocycles. The number of aliphatic hydroxyl groups excluding tert-OH is 1. The highest BCUT2D eigenvalue weighted by atomic mass is 32.1. The fourth-order valence-corrected chi connectivity index (χ4v) is 2.80. The Hall–Kier alpha value is -2.70. The molecule has 0 aliphatic rings. The van der Waals surface area contributed by atoms with E-state index in [1.165, 1.54) is 6.92 Å². The first-order valence-corrected chi connectivity index (χ1v) is 9.55. The van der Waals surface area contributed by atoms with E-state index in [2.05, 4.69) is 10.3 Å². The molecule has 0 spiro atoms. The maximum atomic E-state index is 12.4. The SMILES string of the molecule is [2H]c1c([2H])c([C@@H](O)C([2H])([2H])CCC([2H])([2H])c2c([2H])c([2H])c(NC(=O)Cc3csc(N)n3)c([2H])c2[2H])c([2H])c([2H])c1C. The van der Waals surface area contributed by atoms with Gasteiger partial charge in [0.1, 0.15) is 0 Å². The lowest BCUT2D eigenvalue weighted by Crippen LogP contribution is -2.14. The summed E-state index contributed by atoms with van der Waals surface area (Å²) >= 11 is 1.11. The third-order valence-corrected chi connectivity index (χ3v) is 4.33. The van der Waals surface area contributed by atoms with Gasteiger partial charge >= 0.3 is 0 Å². The number of nitrogens with one attached hydrogen (secondary N) is 1. The smallest absolute Gasteiger partial charge is 0.230 e. The second kappa shape index (κ2) is 10.2. The highest BCUT2D eigenvalue weighted by Gasteiger charge is 2.08. The summed E-state index contributed by atoms with van der Waals surface area (Å²) in [5.74, 6) is -0.695. The van der Waals surface area contributed by atoms with Gasteiger partial charge in [-0.1, -0.05) is 48.2 Å². The van der Waals surface area contributed by atoms with Gasteiger partial charge in [0.15, 0.2) is 5.13 Å². The van der Waals surface area contributed by atoms with E-state index >= 15 is 0 Å². The number of anilines is 2. The van der Waals surface area contributed by atoms with Crippen molar-refractivity contribution >= 4 is 28.1 Å². The van der Waals surface area contributed by atoms with E-state index in [0.29, 0.717) is 5.69 Å². The number of aromatic nitrogens is 1. The van der Waals surface area contributed by atoms with Gasteiger partial charge in [0.05, 0.1) is 29.2 Å². The Morgan fingerprint density at radius 1 is 1.24 bits per heavy atom. The zero-order valence-electron chi connectivity index (χ0n) is 27.6. The maximum absolute atomic E-state index is 12.4. The molecule has 1 amide bonds. The number of rotatable bonds is 9. The van der Waals surface area contributed by atoms with Crippen LogP contribution in [-0.2, 0) is 17.6 Å². The minimum absolute atomic E-state index is 0.0173. The van der Waals surface area contributed by atoms with Crippen LogP contribution < -0.4 is 11.1 Å². The Morgan fingerprint density at radius 3 is 2.62 bits per heavy atom. The van der Waals surface area contributed by atoms with Crippen LogP contribution in [0.15, 0.2) is 53.7 Å². The normalized spacial score (nSPS) is 18.8. The predicted molar refractivity (Wildman–Crippen MR) is 119 cm³/mol. The van der Waals surface area contributed by atoms with Gasteiger partial charge in [-0.05, 0) is 49.3 Å². The molecular formula is C23H27N3O2S. The van der Waals surface area contributed by atoms with Crippen molar-refractivity contribution in [1.29, 1.82) is 0 Å². The number of aliphatic hydroxyl groups is 1. The molecule has 3 aromatic rings. The number of thiazole rings is 1. The molecule has 29 heavy (non-hydrogen) atoms. The van der Waals surface area contributed by atoms with Gasteiger partial charge in [0.25, 0.3) is 0 Å². The number of amides is 1. The van der Waals surface area contributed by atoms with Gasteiger partial charge in [-0.25, -0.2) is 4.98 Å². The van der Waals surface area contributed by atoms with Crippen molar-refractivity contribution in [2.45, 2.75) is 45.0 Å². The molecule has 0 aliphatic heterocycles. The minimum atomic E-state index is -2.67. The number of hydrogen-bond acceptors (Lipinski definition) is 5. The van der Waals surface area contributed by atoms with Crippen molar-refractivity contribution in [3.05, 3.63) is 76.1 Å². The van der Waals surface area contributed by atoms with E-state index in [4.69, 9.17) is 22.2 Å². The molecular weight excluding hydrogens is 382 g/mol. The van der Waals surface area contributed by atoms with Crippen molar-refractivity contribution in [1.82, 2.24) is 4.98 Å². The van der Waals surface area contributed by atoms with Gasteiger partial charge in [-0.2, -0.15) is 0 Å². The zero-order valence-corrected chi connectivity index (χ0v) is 16.4. The average Bonchev–Trinajstić information content (AvgIpc) is 3.30. The molecule has 3 rings (SSSR count). The Balaban J connectivity index is 1.88. The van der Waals surface area contributed by atoms with Crippen molar-refractivity contribution in [2.75, 3.05) is 11.1 Å². The summed E-state index contributed by atoms with van der Waals surface area (Å²) < 4.78 is 98.9. The largest absolute Gasteiger partial charge is 0.388 e. The van der Waals surface area contributed by atoms with Crippen LogP contribution in [0.1, 0.15) is 64.2 Å². The quantitative estimate of drug-likeness (QED) is 0.469. The van der Waals surface area contributed by atoms with Crippen LogP contribution in [0.25, 0.3) is 0 Å². The van der Waals surface area contributed by atoms with Crippen molar-refractivity contribution < 1.29 is 26.4 Å². The summed E-state index contributed by atoms with van der Waals surface area (Å²) in [7, 11) is 0. The van der Waals surface area contributed by atoms with Gasteiger partial charge in [0, 0.05) is 16.6 Å². The third-order valence-electron chi connectivity index (χ3n) is 3.61. The molecule has 0 aliphatic carbocycles. The fraction of sp³-hybridized carbons (Fsp3) is 0.304. The van der Waals surface area contributed by atoms with Crippen LogP contribution in [0.2, 0.25) is 0 Å². The first-order valence-electron chi connectivity index (χ1n) is 14.7. The summed E-state index contributed by atoms with van der Waals surface area (Å²) in [5.41, 5.74) is 4.16. The molecule has 152 valence electrons. The highest BCUT2D eigenvalue weighted by molar-refractivity contribution is 7.13. The van der Waals surface area contributed by atoms with E-state index in [1.807, 2.05) is 0 Å². The lowest BCUT2D eigenvalue weighted by molar-refractivity contribution is -0.115. The van der Waals surface area contributed by atoms with Crippen LogP contribution in [-0.4, -0.2) is 16.0 Å². The van der Waals surface area contributed by atoms with Crippen LogP contribution >= 0.6 is 11.3 Å². The topological polar surface area (TPSA) is 88.2 Å². The molecule has 2 aromatic carbocycles. The first-order chi connectivity index (χ1) is 18.8. The monoisotopic (exact) mass is 421 g/mol. The van der Waals surface area contributed by atoms with Crippen LogP contribution in [0, 0.1) is 6.92 Å². The number of nitrogen functional groups attached to an aromatic ring is 1. The molecule has 0 fully saturated rings. The molecule has 0 unspecified atom stereocenters. The summed E-state index contributed by atoms with van der Waals surface area (Å²) in [5, 5.41) is 14.8. The molecule has 1 atom stereocenters. The maximum Gasteiger partial charge on any atom is 0.230 e. The standard InChI is InChI=1S/C23H27N3O2S/c1-16-6-10-18(11-7-16)21(27)5-3-2-4-17-8-12-19(13-9-17)25-22(28)14-20-15-29-23(24)26-20/h6-13,15,21,27H,2-5,14H2,1H3,(H2,24,26)(H,25,28)/t21-/m0/s1/i4D2,5D2,6D,7D,8D,9D,10D,11D,12D,13D.